The van der Waals surface area contributed by atoms with Crippen LogP contribution in [-0.4, -0.2) is 9.13 Å². The van der Waals surface area contributed by atoms with E-state index in [2.05, 4.69) is 32.9 Å². The Morgan fingerprint density at radius 3 is 2.34 bits per heavy atom. The van der Waals surface area contributed by atoms with Crippen molar-refractivity contribution >= 4 is 11.0 Å². The summed E-state index contributed by atoms with van der Waals surface area (Å²) in [6, 6.07) is 16.8. The molecule has 0 aliphatic carbocycles. The average molecular weight is 388 g/mol. The first-order chi connectivity index (χ1) is 13.7. The number of furan rings is 1. The van der Waals surface area contributed by atoms with Crippen molar-refractivity contribution < 1.29 is 4.42 Å². The van der Waals surface area contributed by atoms with E-state index < -0.39 is 5.69 Å². The van der Waals surface area contributed by atoms with Crippen LogP contribution in [-0.2, 0) is 12.0 Å². The van der Waals surface area contributed by atoms with Gasteiger partial charge < -0.3 is 4.42 Å². The van der Waals surface area contributed by atoms with E-state index in [-0.39, 0.29) is 17.5 Å². The van der Waals surface area contributed by atoms with Gasteiger partial charge in [-0.05, 0) is 48.2 Å². The predicted molar refractivity (Wildman–Crippen MR) is 115 cm³/mol. The molecule has 0 bridgehead atoms. The van der Waals surface area contributed by atoms with Gasteiger partial charge in [0.05, 0.1) is 12.2 Å². The molecule has 29 heavy (non-hydrogen) atoms. The number of hydrogen-bond acceptors (Lipinski definition) is 3. The lowest BCUT2D eigenvalue weighted by atomic mass is 9.86. The molecule has 0 spiro atoms. The fourth-order valence-electron chi connectivity index (χ4n) is 3.38. The molecule has 0 aliphatic rings. The van der Waals surface area contributed by atoms with Crippen molar-refractivity contribution in [2.24, 2.45) is 0 Å². The molecule has 5 heteroatoms. The van der Waals surface area contributed by atoms with Crippen molar-refractivity contribution in [3.63, 3.8) is 0 Å². The summed E-state index contributed by atoms with van der Waals surface area (Å²) in [5.74, 6) is 0.669. The van der Waals surface area contributed by atoms with Gasteiger partial charge in [0.2, 0.25) is 0 Å². The molecule has 0 amide bonds. The summed E-state index contributed by atoms with van der Waals surface area (Å²) in [4.78, 5) is 25.3. The minimum atomic E-state index is -0.391. The zero-order valence-corrected chi connectivity index (χ0v) is 17.1. The van der Waals surface area contributed by atoms with Gasteiger partial charge in [-0.2, -0.15) is 0 Å². The van der Waals surface area contributed by atoms with E-state index in [1.165, 1.54) is 27.0 Å². The first kappa shape index (κ1) is 19.0. The van der Waals surface area contributed by atoms with Crippen LogP contribution in [0.25, 0.3) is 16.7 Å². The molecular formula is C24H24N2O3. The third kappa shape index (κ3) is 3.68. The minimum Gasteiger partial charge on any atom is -0.459 e. The summed E-state index contributed by atoms with van der Waals surface area (Å²) in [7, 11) is 0. The lowest BCUT2D eigenvalue weighted by Crippen LogP contribution is -2.37. The number of fused-ring (bicyclic) bond motifs is 1. The molecule has 4 aromatic rings. The minimum absolute atomic E-state index is 0.0477. The monoisotopic (exact) mass is 388 g/mol. The topological polar surface area (TPSA) is 57.1 Å². The van der Waals surface area contributed by atoms with Crippen LogP contribution >= 0.6 is 0 Å². The van der Waals surface area contributed by atoms with Gasteiger partial charge in [0.25, 0.3) is 5.56 Å². The second kappa shape index (κ2) is 6.92. The second-order valence-corrected chi connectivity index (χ2v) is 8.45. The molecule has 0 unspecified atom stereocenters. The van der Waals surface area contributed by atoms with Crippen LogP contribution in [0.1, 0.15) is 37.7 Å². The number of rotatable bonds is 3. The maximum atomic E-state index is 13.0. The van der Waals surface area contributed by atoms with E-state index in [1.807, 2.05) is 31.2 Å². The maximum absolute atomic E-state index is 13.0. The Labute approximate surface area is 168 Å². The van der Waals surface area contributed by atoms with E-state index in [9.17, 15) is 9.59 Å². The fourth-order valence-corrected chi connectivity index (χ4v) is 3.38. The van der Waals surface area contributed by atoms with Gasteiger partial charge in [-0.1, -0.05) is 44.5 Å². The highest BCUT2D eigenvalue weighted by atomic mass is 16.3. The van der Waals surface area contributed by atoms with Crippen molar-refractivity contribution in [3.05, 3.63) is 98.5 Å². The Bertz CT molecular complexity index is 1300. The molecule has 5 nitrogen and oxygen atoms in total. The van der Waals surface area contributed by atoms with Gasteiger partial charge in [0.15, 0.2) is 0 Å². The van der Waals surface area contributed by atoms with Crippen LogP contribution in [0.3, 0.4) is 0 Å². The number of nitrogens with zero attached hydrogens (tertiary/aromatic N) is 2. The largest absolute Gasteiger partial charge is 0.459 e. The maximum Gasteiger partial charge on any atom is 0.336 e. The molecule has 0 aliphatic heterocycles. The summed E-state index contributed by atoms with van der Waals surface area (Å²) in [5.41, 5.74) is 2.93. The van der Waals surface area contributed by atoms with Crippen LogP contribution in [0.5, 0.6) is 0 Å². The molecule has 2 heterocycles. The highest BCUT2D eigenvalue weighted by Gasteiger charge is 2.16. The average Bonchev–Trinajstić information content (AvgIpc) is 3.06. The molecular weight excluding hydrogens is 364 g/mol. The second-order valence-electron chi connectivity index (χ2n) is 8.45. The Morgan fingerprint density at radius 1 is 0.931 bits per heavy atom. The zero-order chi connectivity index (χ0) is 20.8. The molecule has 0 atom stereocenters. The van der Waals surface area contributed by atoms with Gasteiger partial charge >= 0.3 is 5.69 Å². The van der Waals surface area contributed by atoms with Crippen LogP contribution < -0.4 is 11.2 Å². The summed E-state index contributed by atoms with van der Waals surface area (Å²) in [6.07, 6.45) is 1.52. The lowest BCUT2D eigenvalue weighted by Gasteiger charge is -2.18. The predicted octanol–water partition coefficient (Wildman–Crippen LogP) is 4.40. The van der Waals surface area contributed by atoms with E-state index in [0.717, 1.165) is 16.5 Å². The number of benzene rings is 2. The molecule has 2 aromatic heterocycles. The van der Waals surface area contributed by atoms with E-state index in [4.69, 9.17) is 4.42 Å². The SMILES string of the molecule is Cc1ccc(-n2c(=O)ccn(Cc3cc4cc(C(C)(C)C)ccc4o3)c2=O)cc1. The highest BCUT2D eigenvalue weighted by molar-refractivity contribution is 5.79. The Morgan fingerprint density at radius 2 is 1.66 bits per heavy atom. The third-order valence-corrected chi connectivity index (χ3v) is 5.11. The molecule has 0 saturated heterocycles. The van der Waals surface area contributed by atoms with Crippen molar-refractivity contribution in [1.29, 1.82) is 0 Å². The summed E-state index contributed by atoms with van der Waals surface area (Å²) in [5, 5.41) is 1.01. The van der Waals surface area contributed by atoms with E-state index >= 15 is 0 Å². The van der Waals surface area contributed by atoms with Crippen molar-refractivity contribution in [2.45, 2.75) is 39.7 Å². The molecule has 2 aromatic carbocycles. The normalized spacial score (nSPS) is 11.9. The molecule has 0 N–H and O–H groups in total. The summed E-state index contributed by atoms with van der Waals surface area (Å²) >= 11 is 0. The third-order valence-electron chi connectivity index (χ3n) is 5.11. The standard InChI is InChI=1S/C24H24N2O3/c1-16-5-8-19(9-6-16)26-22(27)11-12-25(23(26)28)15-20-14-17-13-18(24(2,3)4)7-10-21(17)29-20/h5-14H,15H2,1-4H3. The van der Waals surface area contributed by atoms with Crippen molar-refractivity contribution in [2.75, 3.05) is 0 Å². The molecule has 148 valence electrons. The van der Waals surface area contributed by atoms with Crippen LogP contribution in [0.2, 0.25) is 0 Å². The Kier molecular flexibility index (Phi) is 4.53. The smallest absolute Gasteiger partial charge is 0.336 e. The Hall–Kier alpha value is -3.34. The van der Waals surface area contributed by atoms with Gasteiger partial charge in [0.1, 0.15) is 11.3 Å². The molecule has 0 radical (unpaired) electrons. The summed E-state index contributed by atoms with van der Waals surface area (Å²) < 4.78 is 8.61. The van der Waals surface area contributed by atoms with Gasteiger partial charge in [-0.15, -0.1) is 0 Å². The number of aryl methyl sites for hydroxylation is 1. The highest BCUT2D eigenvalue weighted by Crippen LogP contribution is 2.28. The quantitative estimate of drug-likeness (QED) is 0.523. The van der Waals surface area contributed by atoms with E-state index in [0.29, 0.717) is 11.4 Å². The Balaban J connectivity index is 1.73. The fraction of sp³-hybridized carbons (Fsp3) is 0.250. The molecule has 0 saturated carbocycles. The first-order valence-corrected chi connectivity index (χ1v) is 9.65. The number of hydrogen-bond donors (Lipinski definition) is 0. The zero-order valence-electron chi connectivity index (χ0n) is 17.1. The molecule has 4 rings (SSSR count). The van der Waals surface area contributed by atoms with Gasteiger partial charge in [-0.25, -0.2) is 9.36 Å². The van der Waals surface area contributed by atoms with Crippen molar-refractivity contribution in [1.82, 2.24) is 9.13 Å². The van der Waals surface area contributed by atoms with Crippen molar-refractivity contribution in [3.8, 4) is 5.69 Å². The van der Waals surface area contributed by atoms with Crippen LogP contribution in [0.15, 0.2) is 74.8 Å². The summed E-state index contributed by atoms with van der Waals surface area (Å²) in [6.45, 7) is 8.72. The van der Waals surface area contributed by atoms with Gasteiger partial charge in [-0.3, -0.25) is 9.36 Å². The van der Waals surface area contributed by atoms with Gasteiger partial charge in [0, 0.05) is 17.6 Å². The number of aromatic nitrogens is 2. The van der Waals surface area contributed by atoms with E-state index in [1.54, 1.807) is 12.1 Å². The molecule has 0 fully saturated rings. The lowest BCUT2D eigenvalue weighted by molar-refractivity contribution is 0.515. The first-order valence-electron chi connectivity index (χ1n) is 9.65. The van der Waals surface area contributed by atoms with Crippen LogP contribution in [0, 0.1) is 6.92 Å². The van der Waals surface area contributed by atoms with Crippen LogP contribution in [0.4, 0.5) is 0 Å².